The summed E-state index contributed by atoms with van der Waals surface area (Å²) in [6.07, 6.45) is 3.88. The van der Waals surface area contributed by atoms with E-state index in [1.165, 1.54) is 0 Å². The Morgan fingerprint density at radius 1 is 1.50 bits per heavy atom. The number of aliphatic hydroxyl groups is 1. The van der Waals surface area contributed by atoms with Gasteiger partial charge in [-0.1, -0.05) is 0 Å². The van der Waals surface area contributed by atoms with E-state index in [0.29, 0.717) is 6.04 Å². The van der Waals surface area contributed by atoms with Crippen molar-refractivity contribution in [3.8, 4) is 0 Å². The summed E-state index contributed by atoms with van der Waals surface area (Å²) in [6.45, 7) is 4.02. The smallest absolute Gasteiger partial charge is 0.226 e. The van der Waals surface area contributed by atoms with Gasteiger partial charge in [-0.15, -0.1) is 0 Å². The number of rotatable bonds is 2. The maximum atomic E-state index is 12.3. The summed E-state index contributed by atoms with van der Waals surface area (Å²) in [4.78, 5) is 14.2. The first-order valence-electron chi connectivity index (χ1n) is 6.37. The minimum absolute atomic E-state index is 0.0812. The number of likely N-dealkylation sites (tertiary alicyclic amines) is 1. The molecular formula is C12H22N2O2. The van der Waals surface area contributed by atoms with Crippen molar-refractivity contribution in [2.45, 2.75) is 44.7 Å². The molecule has 0 spiro atoms. The molecule has 2 N–H and O–H groups in total. The van der Waals surface area contributed by atoms with Gasteiger partial charge in [-0.05, 0) is 39.2 Å². The third kappa shape index (κ3) is 2.38. The van der Waals surface area contributed by atoms with E-state index in [4.69, 9.17) is 0 Å². The Labute approximate surface area is 97.0 Å². The molecule has 16 heavy (non-hydrogen) atoms. The molecule has 92 valence electrons. The number of aliphatic hydroxyl groups excluding tert-OH is 1. The van der Waals surface area contributed by atoms with Crippen LogP contribution in [0.25, 0.3) is 0 Å². The SMILES string of the molecule is CC1CC(C(=O)N2CCC[C@@H]2CO)CCN1. The first kappa shape index (κ1) is 11.9. The lowest BCUT2D eigenvalue weighted by atomic mass is 9.92. The lowest BCUT2D eigenvalue weighted by molar-refractivity contribution is -0.138. The van der Waals surface area contributed by atoms with Crippen molar-refractivity contribution in [2.24, 2.45) is 5.92 Å². The molecule has 2 heterocycles. The fraction of sp³-hybridized carbons (Fsp3) is 0.917. The van der Waals surface area contributed by atoms with Gasteiger partial charge in [0.2, 0.25) is 5.91 Å². The van der Waals surface area contributed by atoms with Crippen LogP contribution in [0, 0.1) is 5.92 Å². The van der Waals surface area contributed by atoms with Crippen molar-refractivity contribution in [1.82, 2.24) is 10.2 Å². The van der Waals surface area contributed by atoms with Crippen molar-refractivity contribution < 1.29 is 9.90 Å². The summed E-state index contributed by atoms with van der Waals surface area (Å²) in [6, 6.07) is 0.524. The Bertz CT molecular complexity index is 257. The fourth-order valence-electron chi connectivity index (χ4n) is 2.91. The van der Waals surface area contributed by atoms with E-state index in [2.05, 4.69) is 12.2 Å². The number of carbonyl (C=O) groups is 1. The van der Waals surface area contributed by atoms with E-state index in [1.807, 2.05) is 4.90 Å². The Morgan fingerprint density at radius 2 is 2.31 bits per heavy atom. The molecule has 0 aromatic rings. The molecule has 0 aliphatic carbocycles. The Hall–Kier alpha value is -0.610. The van der Waals surface area contributed by atoms with Gasteiger partial charge in [-0.2, -0.15) is 0 Å². The summed E-state index contributed by atoms with van der Waals surface area (Å²) in [7, 11) is 0. The lowest BCUT2D eigenvalue weighted by Gasteiger charge is -2.32. The molecule has 2 saturated heterocycles. The number of nitrogens with zero attached hydrogens (tertiary/aromatic N) is 1. The molecule has 2 aliphatic heterocycles. The predicted molar refractivity (Wildman–Crippen MR) is 62.0 cm³/mol. The van der Waals surface area contributed by atoms with Crippen LogP contribution >= 0.6 is 0 Å². The van der Waals surface area contributed by atoms with Gasteiger partial charge < -0.3 is 15.3 Å². The number of hydrogen-bond acceptors (Lipinski definition) is 3. The first-order chi connectivity index (χ1) is 7.72. The maximum absolute atomic E-state index is 12.3. The highest BCUT2D eigenvalue weighted by atomic mass is 16.3. The van der Waals surface area contributed by atoms with Crippen LogP contribution in [0.3, 0.4) is 0 Å². The van der Waals surface area contributed by atoms with Crippen molar-refractivity contribution in [3.63, 3.8) is 0 Å². The molecule has 1 amide bonds. The van der Waals surface area contributed by atoms with Gasteiger partial charge in [0.05, 0.1) is 12.6 Å². The summed E-state index contributed by atoms with van der Waals surface area (Å²) in [5, 5.41) is 12.6. The summed E-state index contributed by atoms with van der Waals surface area (Å²) in [5.74, 6) is 0.438. The van der Waals surface area contributed by atoms with Crippen molar-refractivity contribution in [2.75, 3.05) is 19.7 Å². The van der Waals surface area contributed by atoms with Gasteiger partial charge in [0.25, 0.3) is 0 Å². The standard InChI is InChI=1S/C12H22N2O2/c1-9-7-10(4-5-13-9)12(16)14-6-2-3-11(14)8-15/h9-11,13,15H,2-8H2,1H3/t9?,10?,11-/m1/s1. The zero-order valence-electron chi connectivity index (χ0n) is 9.98. The van der Waals surface area contributed by atoms with E-state index >= 15 is 0 Å². The average Bonchev–Trinajstić information content (AvgIpc) is 2.76. The number of nitrogens with one attached hydrogen (secondary N) is 1. The number of carbonyl (C=O) groups excluding carboxylic acids is 1. The van der Waals surface area contributed by atoms with Crippen LogP contribution in [0.15, 0.2) is 0 Å². The van der Waals surface area contributed by atoms with Crippen LogP contribution in [-0.2, 0) is 4.79 Å². The quantitative estimate of drug-likeness (QED) is 0.715. The number of amides is 1. The Balaban J connectivity index is 1.95. The second-order valence-corrected chi connectivity index (χ2v) is 5.09. The van der Waals surface area contributed by atoms with Crippen LogP contribution < -0.4 is 5.32 Å². The molecular weight excluding hydrogens is 204 g/mol. The van der Waals surface area contributed by atoms with Gasteiger partial charge in [0, 0.05) is 18.5 Å². The van der Waals surface area contributed by atoms with E-state index in [9.17, 15) is 9.90 Å². The maximum Gasteiger partial charge on any atom is 0.226 e. The Morgan fingerprint density at radius 3 is 3.00 bits per heavy atom. The largest absolute Gasteiger partial charge is 0.394 e. The second kappa shape index (κ2) is 5.15. The van der Waals surface area contributed by atoms with Crippen LogP contribution in [0.2, 0.25) is 0 Å². The lowest BCUT2D eigenvalue weighted by Crippen LogP contribution is -2.46. The molecule has 2 fully saturated rings. The molecule has 4 heteroatoms. The molecule has 4 nitrogen and oxygen atoms in total. The topological polar surface area (TPSA) is 52.6 Å². The van der Waals surface area contributed by atoms with Gasteiger partial charge in [-0.3, -0.25) is 4.79 Å². The van der Waals surface area contributed by atoms with Crippen molar-refractivity contribution in [3.05, 3.63) is 0 Å². The van der Waals surface area contributed by atoms with E-state index in [1.54, 1.807) is 0 Å². The number of hydrogen-bond donors (Lipinski definition) is 2. The molecule has 2 aliphatic rings. The van der Waals surface area contributed by atoms with E-state index < -0.39 is 0 Å². The minimum atomic E-state index is 0.0812. The highest BCUT2D eigenvalue weighted by molar-refractivity contribution is 5.79. The highest BCUT2D eigenvalue weighted by Crippen LogP contribution is 2.24. The highest BCUT2D eigenvalue weighted by Gasteiger charge is 2.34. The summed E-state index contributed by atoms with van der Waals surface area (Å²) in [5.41, 5.74) is 0. The summed E-state index contributed by atoms with van der Waals surface area (Å²) >= 11 is 0. The van der Waals surface area contributed by atoms with E-state index in [0.717, 1.165) is 38.8 Å². The molecule has 0 aromatic heterocycles. The average molecular weight is 226 g/mol. The van der Waals surface area contributed by atoms with Crippen LogP contribution in [0.1, 0.15) is 32.6 Å². The van der Waals surface area contributed by atoms with Gasteiger partial charge in [-0.25, -0.2) is 0 Å². The van der Waals surface area contributed by atoms with Crippen LogP contribution in [0.4, 0.5) is 0 Å². The minimum Gasteiger partial charge on any atom is -0.394 e. The third-order valence-electron chi connectivity index (χ3n) is 3.84. The van der Waals surface area contributed by atoms with Crippen LogP contribution in [-0.4, -0.2) is 47.7 Å². The van der Waals surface area contributed by atoms with Gasteiger partial charge in [0.15, 0.2) is 0 Å². The van der Waals surface area contributed by atoms with Crippen LogP contribution in [0.5, 0.6) is 0 Å². The molecule has 0 radical (unpaired) electrons. The third-order valence-corrected chi connectivity index (χ3v) is 3.84. The number of piperidine rings is 1. The normalized spacial score (nSPS) is 35.4. The summed E-state index contributed by atoms with van der Waals surface area (Å²) < 4.78 is 0. The molecule has 0 aromatic carbocycles. The monoisotopic (exact) mass is 226 g/mol. The molecule has 2 rings (SSSR count). The zero-order chi connectivity index (χ0) is 11.5. The van der Waals surface area contributed by atoms with Gasteiger partial charge >= 0.3 is 0 Å². The Kier molecular flexibility index (Phi) is 3.82. The fourth-order valence-corrected chi connectivity index (χ4v) is 2.91. The molecule has 3 atom stereocenters. The predicted octanol–water partition coefficient (Wildman–Crippen LogP) is 0.358. The van der Waals surface area contributed by atoms with Crippen molar-refractivity contribution >= 4 is 5.91 Å². The zero-order valence-corrected chi connectivity index (χ0v) is 9.98. The van der Waals surface area contributed by atoms with Crippen molar-refractivity contribution in [1.29, 1.82) is 0 Å². The first-order valence-corrected chi connectivity index (χ1v) is 6.37. The molecule has 0 saturated carbocycles. The molecule has 2 unspecified atom stereocenters. The molecule has 0 bridgehead atoms. The van der Waals surface area contributed by atoms with Gasteiger partial charge in [0.1, 0.15) is 0 Å². The van der Waals surface area contributed by atoms with E-state index in [-0.39, 0.29) is 24.5 Å². The second-order valence-electron chi connectivity index (χ2n) is 5.09.